The van der Waals surface area contributed by atoms with Gasteiger partial charge in [-0.05, 0) is 43.5 Å². The summed E-state index contributed by atoms with van der Waals surface area (Å²) in [6.45, 7) is 6.12. The Kier molecular flexibility index (Phi) is 6.63. The fraction of sp³-hybridized carbons (Fsp3) is 0.556. The number of hydrogen-bond acceptors (Lipinski definition) is 6. The Morgan fingerprint density at radius 1 is 1.19 bits per heavy atom. The third kappa shape index (κ3) is 6.01. The molecule has 0 unspecified atom stereocenters. The van der Waals surface area contributed by atoms with Crippen molar-refractivity contribution in [2.45, 2.75) is 39.3 Å². The average molecular weight is 383 g/mol. The number of ether oxygens (including phenoxy) is 2. The highest BCUT2D eigenvalue weighted by molar-refractivity contribution is 7.91. The smallest absolute Gasteiger partial charge is 0.338 e. The van der Waals surface area contributed by atoms with E-state index in [4.69, 9.17) is 9.47 Å². The number of hydrogen-bond donors (Lipinski definition) is 1. The van der Waals surface area contributed by atoms with Gasteiger partial charge in [-0.2, -0.15) is 0 Å². The molecule has 0 bridgehead atoms. The minimum absolute atomic E-state index is 0.0668. The van der Waals surface area contributed by atoms with Crippen LogP contribution in [0.2, 0.25) is 0 Å². The second kappa shape index (κ2) is 8.53. The van der Waals surface area contributed by atoms with Crippen molar-refractivity contribution in [3.63, 3.8) is 0 Å². The molecular formula is C18H25NO6S. The molecule has 1 aromatic carbocycles. The zero-order valence-electron chi connectivity index (χ0n) is 15.2. The van der Waals surface area contributed by atoms with Crippen LogP contribution in [0.15, 0.2) is 24.3 Å². The fourth-order valence-electron chi connectivity index (χ4n) is 2.46. The van der Waals surface area contributed by atoms with E-state index in [9.17, 15) is 18.0 Å². The van der Waals surface area contributed by atoms with Gasteiger partial charge in [0.1, 0.15) is 5.75 Å². The summed E-state index contributed by atoms with van der Waals surface area (Å²) in [4.78, 5) is 24.2. The molecule has 144 valence electrons. The van der Waals surface area contributed by atoms with E-state index in [1.165, 1.54) is 6.92 Å². The Labute approximate surface area is 154 Å². The SMILES string of the molecule is CC(C)COc1ccc(C(=O)O[C@H](C)C(=O)N[C@H]2CCS(=O)(=O)C2)cc1. The Morgan fingerprint density at radius 2 is 1.85 bits per heavy atom. The predicted octanol–water partition coefficient (Wildman–Crippen LogP) is 1.57. The van der Waals surface area contributed by atoms with Gasteiger partial charge in [0.25, 0.3) is 5.91 Å². The Balaban J connectivity index is 1.85. The molecule has 7 nitrogen and oxygen atoms in total. The van der Waals surface area contributed by atoms with Crippen LogP contribution in [0.25, 0.3) is 0 Å². The first kappa shape index (κ1) is 20.2. The van der Waals surface area contributed by atoms with Crippen LogP contribution >= 0.6 is 0 Å². The van der Waals surface area contributed by atoms with Gasteiger partial charge in [-0.3, -0.25) is 4.79 Å². The van der Waals surface area contributed by atoms with Crippen LogP contribution in [-0.4, -0.2) is 50.6 Å². The lowest BCUT2D eigenvalue weighted by Crippen LogP contribution is -2.42. The molecule has 2 rings (SSSR count). The normalized spacial score (nSPS) is 19.8. The predicted molar refractivity (Wildman–Crippen MR) is 96.9 cm³/mol. The second-order valence-corrected chi connectivity index (χ2v) is 9.11. The third-order valence-corrected chi connectivity index (χ3v) is 5.67. The molecule has 0 aromatic heterocycles. The third-order valence-electron chi connectivity index (χ3n) is 3.91. The van der Waals surface area contributed by atoms with Gasteiger partial charge in [0.15, 0.2) is 15.9 Å². The molecule has 8 heteroatoms. The molecule has 1 N–H and O–H groups in total. The molecule has 2 atom stereocenters. The van der Waals surface area contributed by atoms with Crippen molar-refractivity contribution in [1.29, 1.82) is 0 Å². The lowest BCUT2D eigenvalue weighted by molar-refractivity contribution is -0.129. The molecule has 1 saturated heterocycles. The number of amides is 1. The number of sulfone groups is 1. The summed E-state index contributed by atoms with van der Waals surface area (Å²) in [5.74, 6) is -0.0778. The van der Waals surface area contributed by atoms with Crippen LogP contribution in [0.5, 0.6) is 5.75 Å². The van der Waals surface area contributed by atoms with Gasteiger partial charge < -0.3 is 14.8 Å². The van der Waals surface area contributed by atoms with Crippen LogP contribution in [0.1, 0.15) is 37.6 Å². The number of esters is 1. The summed E-state index contributed by atoms with van der Waals surface area (Å²) in [5.41, 5.74) is 0.310. The van der Waals surface area contributed by atoms with E-state index in [0.717, 1.165) is 0 Å². The maximum absolute atomic E-state index is 12.1. The van der Waals surface area contributed by atoms with E-state index >= 15 is 0 Å². The molecule has 1 aromatic rings. The largest absolute Gasteiger partial charge is 0.493 e. The number of nitrogens with one attached hydrogen (secondary N) is 1. The molecule has 1 aliphatic heterocycles. The molecule has 1 amide bonds. The lowest BCUT2D eigenvalue weighted by atomic mass is 10.2. The second-order valence-electron chi connectivity index (χ2n) is 6.89. The minimum atomic E-state index is -3.08. The summed E-state index contributed by atoms with van der Waals surface area (Å²) in [6.07, 6.45) is -0.630. The lowest BCUT2D eigenvalue weighted by Gasteiger charge is -2.16. The highest BCUT2D eigenvalue weighted by Crippen LogP contribution is 2.15. The van der Waals surface area contributed by atoms with Gasteiger partial charge in [-0.1, -0.05) is 13.8 Å². The molecular weight excluding hydrogens is 358 g/mol. The fourth-order valence-corrected chi connectivity index (χ4v) is 4.13. The van der Waals surface area contributed by atoms with E-state index in [-0.39, 0.29) is 11.5 Å². The zero-order chi connectivity index (χ0) is 19.3. The monoisotopic (exact) mass is 383 g/mol. The number of rotatable bonds is 7. The maximum Gasteiger partial charge on any atom is 0.338 e. The first-order valence-corrected chi connectivity index (χ1v) is 10.4. The van der Waals surface area contributed by atoms with Gasteiger partial charge in [-0.15, -0.1) is 0 Å². The molecule has 26 heavy (non-hydrogen) atoms. The van der Waals surface area contributed by atoms with Gasteiger partial charge in [0, 0.05) is 6.04 Å². The standard InChI is InChI=1S/C18H25NO6S/c1-12(2)10-24-16-6-4-14(5-7-16)18(21)25-13(3)17(20)19-15-8-9-26(22,23)11-15/h4-7,12-13,15H,8-11H2,1-3H3,(H,19,20)/t13-,15+/m1/s1. The molecule has 0 aliphatic carbocycles. The highest BCUT2D eigenvalue weighted by Gasteiger charge is 2.30. The number of carbonyl (C=O) groups excluding carboxylic acids is 2. The highest BCUT2D eigenvalue weighted by atomic mass is 32.2. The molecule has 1 fully saturated rings. The Bertz CT molecular complexity index is 741. The molecule has 1 aliphatic rings. The van der Waals surface area contributed by atoms with Crippen molar-refractivity contribution in [1.82, 2.24) is 5.32 Å². The van der Waals surface area contributed by atoms with Crippen LogP contribution < -0.4 is 10.1 Å². The maximum atomic E-state index is 12.1. The van der Waals surface area contributed by atoms with Crippen molar-refractivity contribution in [2.24, 2.45) is 5.92 Å². The Hall–Kier alpha value is -2.09. The summed E-state index contributed by atoms with van der Waals surface area (Å²) >= 11 is 0. The van der Waals surface area contributed by atoms with Gasteiger partial charge >= 0.3 is 5.97 Å². The molecule has 1 heterocycles. The van der Waals surface area contributed by atoms with E-state index < -0.39 is 33.9 Å². The summed E-state index contributed by atoms with van der Waals surface area (Å²) in [5, 5.41) is 2.61. The molecule has 0 radical (unpaired) electrons. The van der Waals surface area contributed by atoms with Crippen LogP contribution in [-0.2, 0) is 19.4 Å². The van der Waals surface area contributed by atoms with Gasteiger partial charge in [0.05, 0.1) is 23.7 Å². The van der Waals surface area contributed by atoms with Crippen molar-refractivity contribution in [2.75, 3.05) is 18.1 Å². The topological polar surface area (TPSA) is 98.8 Å². The summed E-state index contributed by atoms with van der Waals surface area (Å²) in [7, 11) is -3.08. The van der Waals surface area contributed by atoms with Crippen molar-refractivity contribution in [3.05, 3.63) is 29.8 Å². The average Bonchev–Trinajstić information content (AvgIpc) is 2.91. The van der Waals surface area contributed by atoms with Crippen LogP contribution in [0.3, 0.4) is 0 Å². The Morgan fingerprint density at radius 3 is 2.38 bits per heavy atom. The summed E-state index contributed by atoms with van der Waals surface area (Å²) < 4.78 is 33.5. The van der Waals surface area contributed by atoms with E-state index in [1.54, 1.807) is 24.3 Å². The van der Waals surface area contributed by atoms with Crippen LogP contribution in [0.4, 0.5) is 0 Å². The minimum Gasteiger partial charge on any atom is -0.493 e. The van der Waals surface area contributed by atoms with Gasteiger partial charge in [-0.25, -0.2) is 13.2 Å². The molecule has 0 saturated carbocycles. The van der Waals surface area contributed by atoms with E-state index in [2.05, 4.69) is 5.32 Å². The first-order valence-electron chi connectivity index (χ1n) is 8.61. The zero-order valence-corrected chi connectivity index (χ0v) is 16.0. The summed E-state index contributed by atoms with van der Waals surface area (Å²) in [6, 6.07) is 6.07. The van der Waals surface area contributed by atoms with Crippen molar-refractivity contribution in [3.8, 4) is 5.75 Å². The number of benzene rings is 1. The molecule has 0 spiro atoms. The first-order chi connectivity index (χ1) is 12.2. The van der Waals surface area contributed by atoms with E-state index in [1.807, 2.05) is 13.8 Å². The van der Waals surface area contributed by atoms with Gasteiger partial charge in [0.2, 0.25) is 0 Å². The number of carbonyl (C=O) groups is 2. The van der Waals surface area contributed by atoms with Crippen LogP contribution in [0, 0.1) is 5.92 Å². The quantitative estimate of drug-likeness (QED) is 0.718. The van der Waals surface area contributed by atoms with Crippen molar-refractivity contribution >= 4 is 21.7 Å². The van der Waals surface area contributed by atoms with Crippen molar-refractivity contribution < 1.29 is 27.5 Å². The van der Waals surface area contributed by atoms with E-state index in [0.29, 0.717) is 30.3 Å².